The molecule has 118 valence electrons. The van der Waals surface area contributed by atoms with Gasteiger partial charge in [0.2, 0.25) is 0 Å². The van der Waals surface area contributed by atoms with E-state index < -0.39 is 0 Å². The predicted molar refractivity (Wildman–Crippen MR) is 90.0 cm³/mol. The van der Waals surface area contributed by atoms with Crippen LogP contribution < -0.4 is 10.1 Å². The van der Waals surface area contributed by atoms with Crippen LogP contribution in [-0.4, -0.2) is 19.7 Å². The van der Waals surface area contributed by atoms with E-state index in [4.69, 9.17) is 4.74 Å². The highest BCUT2D eigenvalue weighted by molar-refractivity contribution is 5.37. The van der Waals surface area contributed by atoms with Gasteiger partial charge in [0.15, 0.2) is 0 Å². The van der Waals surface area contributed by atoms with Crippen molar-refractivity contribution in [2.45, 2.75) is 52.4 Å². The van der Waals surface area contributed by atoms with Gasteiger partial charge in [-0.05, 0) is 68.7 Å². The fourth-order valence-corrected chi connectivity index (χ4v) is 3.61. The Morgan fingerprint density at radius 3 is 2.76 bits per heavy atom. The van der Waals surface area contributed by atoms with Crippen LogP contribution in [0.15, 0.2) is 24.3 Å². The molecular weight excluding hydrogens is 258 g/mol. The highest BCUT2D eigenvalue weighted by Crippen LogP contribution is 2.43. The molecule has 0 amide bonds. The van der Waals surface area contributed by atoms with Crippen LogP contribution in [0.3, 0.4) is 0 Å². The minimum absolute atomic E-state index is 0.640. The molecule has 1 aliphatic rings. The number of benzene rings is 1. The second kappa shape index (κ2) is 8.43. The number of ether oxygens (including phenoxy) is 1. The number of hydrogen-bond donors (Lipinski definition) is 1. The number of rotatable bonds is 7. The molecule has 1 saturated carbocycles. The lowest BCUT2D eigenvalue weighted by Crippen LogP contribution is -2.32. The molecule has 1 aromatic rings. The van der Waals surface area contributed by atoms with Gasteiger partial charge in [0.25, 0.3) is 0 Å². The first-order valence-electron chi connectivity index (χ1n) is 8.68. The Morgan fingerprint density at radius 2 is 2.00 bits per heavy atom. The molecule has 2 rings (SSSR count). The molecule has 1 aromatic carbocycles. The van der Waals surface area contributed by atoms with Crippen LogP contribution >= 0.6 is 0 Å². The summed E-state index contributed by atoms with van der Waals surface area (Å²) in [5.41, 5.74) is 1.43. The second-order valence-corrected chi connectivity index (χ2v) is 6.46. The van der Waals surface area contributed by atoms with E-state index in [0.717, 1.165) is 37.3 Å². The number of hydrogen-bond acceptors (Lipinski definition) is 2. The van der Waals surface area contributed by atoms with E-state index in [9.17, 15) is 0 Å². The molecule has 1 N–H and O–H groups in total. The minimum Gasteiger partial charge on any atom is -0.494 e. The molecule has 0 aromatic heterocycles. The zero-order valence-corrected chi connectivity index (χ0v) is 13.9. The van der Waals surface area contributed by atoms with Crippen molar-refractivity contribution in [1.29, 1.82) is 0 Å². The average Bonchev–Trinajstić information content (AvgIpc) is 2.50. The van der Waals surface area contributed by atoms with Crippen LogP contribution in [0.4, 0.5) is 0 Å². The van der Waals surface area contributed by atoms with Gasteiger partial charge in [-0.1, -0.05) is 38.5 Å². The molecule has 1 fully saturated rings. The molecule has 0 spiro atoms. The van der Waals surface area contributed by atoms with Gasteiger partial charge in [-0.25, -0.2) is 0 Å². The van der Waals surface area contributed by atoms with Crippen molar-refractivity contribution in [1.82, 2.24) is 5.32 Å². The largest absolute Gasteiger partial charge is 0.494 e. The fraction of sp³-hybridized carbons (Fsp3) is 0.684. The molecule has 0 saturated heterocycles. The van der Waals surface area contributed by atoms with Gasteiger partial charge in [0.1, 0.15) is 5.75 Å². The molecule has 2 nitrogen and oxygen atoms in total. The quantitative estimate of drug-likeness (QED) is 0.740. The number of nitrogens with one attached hydrogen (secondary N) is 1. The van der Waals surface area contributed by atoms with Crippen LogP contribution in [0.2, 0.25) is 0 Å². The summed E-state index contributed by atoms with van der Waals surface area (Å²) < 4.78 is 5.88. The second-order valence-electron chi connectivity index (χ2n) is 6.46. The van der Waals surface area contributed by atoms with Gasteiger partial charge in [-0.15, -0.1) is 0 Å². The van der Waals surface area contributed by atoms with Crippen molar-refractivity contribution < 1.29 is 4.74 Å². The summed E-state index contributed by atoms with van der Waals surface area (Å²) in [5.74, 6) is 3.31. The molecule has 0 heterocycles. The summed E-state index contributed by atoms with van der Waals surface area (Å²) in [7, 11) is 0. The monoisotopic (exact) mass is 289 g/mol. The van der Waals surface area contributed by atoms with Gasteiger partial charge in [0.05, 0.1) is 6.61 Å². The summed E-state index contributed by atoms with van der Waals surface area (Å²) in [6, 6.07) is 8.66. The van der Waals surface area contributed by atoms with Gasteiger partial charge in [-0.2, -0.15) is 0 Å². The van der Waals surface area contributed by atoms with Crippen LogP contribution in [0.5, 0.6) is 5.75 Å². The normalized spacial score (nSPS) is 25.8. The molecule has 0 bridgehead atoms. The first-order chi connectivity index (χ1) is 10.3. The first-order valence-corrected chi connectivity index (χ1v) is 8.68. The van der Waals surface area contributed by atoms with E-state index in [0.29, 0.717) is 5.92 Å². The van der Waals surface area contributed by atoms with Gasteiger partial charge < -0.3 is 10.1 Å². The Kier molecular flexibility index (Phi) is 6.56. The molecule has 2 heteroatoms. The van der Waals surface area contributed by atoms with Crippen LogP contribution in [0.1, 0.15) is 57.9 Å². The van der Waals surface area contributed by atoms with Crippen LogP contribution in [0, 0.1) is 11.8 Å². The fourth-order valence-electron chi connectivity index (χ4n) is 3.61. The Bertz CT molecular complexity index is 418. The lowest BCUT2D eigenvalue weighted by atomic mass is 9.71. The van der Waals surface area contributed by atoms with E-state index in [1.54, 1.807) is 0 Å². The van der Waals surface area contributed by atoms with Gasteiger partial charge in [0, 0.05) is 0 Å². The molecule has 3 atom stereocenters. The lowest BCUT2D eigenvalue weighted by molar-refractivity contribution is 0.235. The third-order valence-corrected chi connectivity index (χ3v) is 4.71. The van der Waals surface area contributed by atoms with Crippen molar-refractivity contribution in [3.63, 3.8) is 0 Å². The Morgan fingerprint density at radius 1 is 1.19 bits per heavy atom. The third-order valence-electron chi connectivity index (χ3n) is 4.71. The SMILES string of the molecule is CCCNCC1CCC(C)CC1c1ccccc1OCC. The Balaban J connectivity index is 2.15. The lowest BCUT2D eigenvalue weighted by Gasteiger charge is -2.36. The van der Waals surface area contributed by atoms with E-state index in [1.807, 2.05) is 0 Å². The van der Waals surface area contributed by atoms with Gasteiger partial charge in [-0.3, -0.25) is 0 Å². The van der Waals surface area contributed by atoms with Gasteiger partial charge >= 0.3 is 0 Å². The highest BCUT2D eigenvalue weighted by Gasteiger charge is 2.31. The number of para-hydroxylation sites is 1. The van der Waals surface area contributed by atoms with Crippen molar-refractivity contribution in [2.24, 2.45) is 11.8 Å². The van der Waals surface area contributed by atoms with Crippen molar-refractivity contribution in [3.8, 4) is 5.75 Å². The summed E-state index contributed by atoms with van der Waals surface area (Å²) in [4.78, 5) is 0. The zero-order chi connectivity index (χ0) is 15.1. The maximum Gasteiger partial charge on any atom is 0.122 e. The molecule has 0 radical (unpaired) electrons. The molecule has 0 aliphatic heterocycles. The molecular formula is C19H31NO. The van der Waals surface area contributed by atoms with Crippen molar-refractivity contribution >= 4 is 0 Å². The topological polar surface area (TPSA) is 21.3 Å². The summed E-state index contributed by atoms with van der Waals surface area (Å²) >= 11 is 0. The smallest absolute Gasteiger partial charge is 0.122 e. The Hall–Kier alpha value is -1.02. The predicted octanol–water partition coefficient (Wildman–Crippen LogP) is 4.60. The maximum atomic E-state index is 5.88. The van der Waals surface area contributed by atoms with Crippen molar-refractivity contribution in [3.05, 3.63) is 29.8 Å². The summed E-state index contributed by atoms with van der Waals surface area (Å²) in [6.07, 6.45) is 5.21. The van der Waals surface area contributed by atoms with Crippen LogP contribution in [0.25, 0.3) is 0 Å². The van der Waals surface area contributed by atoms with E-state index >= 15 is 0 Å². The van der Waals surface area contributed by atoms with E-state index in [1.165, 1.54) is 31.2 Å². The standard InChI is InChI=1S/C19H31NO/c1-4-12-20-14-16-11-10-15(3)13-18(16)17-8-6-7-9-19(17)21-5-2/h6-9,15-16,18,20H,4-5,10-14H2,1-3H3. The summed E-state index contributed by atoms with van der Waals surface area (Å²) in [5, 5.41) is 3.63. The maximum absolute atomic E-state index is 5.88. The molecule has 1 aliphatic carbocycles. The van der Waals surface area contributed by atoms with E-state index in [2.05, 4.69) is 50.4 Å². The Labute approximate surface area is 130 Å². The average molecular weight is 289 g/mol. The minimum atomic E-state index is 0.640. The highest BCUT2D eigenvalue weighted by atomic mass is 16.5. The zero-order valence-electron chi connectivity index (χ0n) is 13.9. The molecule has 21 heavy (non-hydrogen) atoms. The molecule has 3 unspecified atom stereocenters. The van der Waals surface area contributed by atoms with E-state index in [-0.39, 0.29) is 0 Å². The van der Waals surface area contributed by atoms with Crippen molar-refractivity contribution in [2.75, 3.05) is 19.7 Å². The van der Waals surface area contributed by atoms with Crippen LogP contribution in [-0.2, 0) is 0 Å². The summed E-state index contributed by atoms with van der Waals surface area (Å²) in [6.45, 7) is 9.72. The first kappa shape index (κ1) is 16.4. The third kappa shape index (κ3) is 4.47.